The first-order chi connectivity index (χ1) is 15.0. The number of amides is 2. The van der Waals surface area contributed by atoms with Gasteiger partial charge < -0.3 is 20.6 Å². The molecule has 1 saturated carbocycles. The molecular weight excluding hydrogens is 408 g/mol. The summed E-state index contributed by atoms with van der Waals surface area (Å²) in [5.41, 5.74) is 0.875. The number of aromatic nitrogens is 2. The maximum absolute atomic E-state index is 12.6. The standard InChI is InChI=1S/C24H32N4O4/c1-23(2)21(27-19(31)11-7-15-5-9-17(29)25-13-15)24(3,4)22(23)28-20(32)12-8-16-6-10-18(30)26-14-16/h5-6,9-10,13-14,21-22H,7-8,11-12H2,1-4H3,(H,25,29)(H,26,30)(H,27,31)(H,28,32). The first-order valence-electron chi connectivity index (χ1n) is 10.9. The first kappa shape index (κ1) is 23.5. The van der Waals surface area contributed by atoms with Gasteiger partial charge in [-0.15, -0.1) is 0 Å². The highest BCUT2D eigenvalue weighted by atomic mass is 16.2. The average molecular weight is 441 g/mol. The van der Waals surface area contributed by atoms with E-state index in [1.54, 1.807) is 24.5 Å². The van der Waals surface area contributed by atoms with Crippen molar-refractivity contribution in [3.05, 3.63) is 68.5 Å². The number of hydrogen-bond donors (Lipinski definition) is 4. The van der Waals surface area contributed by atoms with Gasteiger partial charge in [-0.1, -0.05) is 39.8 Å². The van der Waals surface area contributed by atoms with Crippen LogP contribution in [0.2, 0.25) is 0 Å². The molecule has 2 amide bonds. The third-order valence-corrected chi connectivity index (χ3v) is 6.57. The van der Waals surface area contributed by atoms with Gasteiger partial charge in [0.2, 0.25) is 22.9 Å². The Bertz CT molecular complexity index is 959. The monoisotopic (exact) mass is 440 g/mol. The van der Waals surface area contributed by atoms with E-state index in [4.69, 9.17) is 0 Å². The summed E-state index contributed by atoms with van der Waals surface area (Å²) in [5.74, 6) is -0.101. The Morgan fingerprint density at radius 1 is 0.750 bits per heavy atom. The Labute approximate surface area is 187 Å². The van der Waals surface area contributed by atoms with Crippen molar-refractivity contribution in [1.29, 1.82) is 0 Å². The molecule has 0 bridgehead atoms. The van der Waals surface area contributed by atoms with Gasteiger partial charge in [0, 0.05) is 60.3 Å². The van der Waals surface area contributed by atoms with Gasteiger partial charge in [-0.25, -0.2) is 0 Å². The lowest BCUT2D eigenvalue weighted by Gasteiger charge is -2.64. The molecule has 0 saturated heterocycles. The lowest BCUT2D eigenvalue weighted by Crippen LogP contribution is -2.77. The van der Waals surface area contributed by atoms with Crippen molar-refractivity contribution in [2.24, 2.45) is 10.8 Å². The maximum Gasteiger partial charge on any atom is 0.247 e. The maximum atomic E-state index is 12.6. The predicted molar refractivity (Wildman–Crippen MR) is 122 cm³/mol. The van der Waals surface area contributed by atoms with Crippen LogP contribution in [-0.2, 0) is 22.4 Å². The number of aromatic amines is 2. The molecule has 0 spiro atoms. The molecule has 4 N–H and O–H groups in total. The predicted octanol–water partition coefficient (Wildman–Crippen LogP) is 1.66. The number of H-pyrrole nitrogens is 2. The SMILES string of the molecule is CC1(C)C(NC(=O)CCc2ccc(=O)[nH]c2)C(C)(C)C1NC(=O)CCc1ccc(=O)[nH]c1. The van der Waals surface area contributed by atoms with Crippen LogP contribution in [0.25, 0.3) is 0 Å². The van der Waals surface area contributed by atoms with Crippen LogP contribution >= 0.6 is 0 Å². The lowest BCUT2D eigenvalue weighted by molar-refractivity contribution is -0.142. The number of nitrogens with one attached hydrogen (secondary N) is 4. The van der Waals surface area contributed by atoms with E-state index in [-0.39, 0.29) is 45.8 Å². The highest BCUT2D eigenvalue weighted by Gasteiger charge is 2.62. The van der Waals surface area contributed by atoms with Crippen molar-refractivity contribution in [2.45, 2.75) is 65.5 Å². The van der Waals surface area contributed by atoms with Crippen LogP contribution in [0, 0.1) is 10.8 Å². The van der Waals surface area contributed by atoms with Crippen LogP contribution in [0.5, 0.6) is 0 Å². The molecule has 8 nitrogen and oxygen atoms in total. The van der Waals surface area contributed by atoms with Crippen LogP contribution in [0.4, 0.5) is 0 Å². The van der Waals surface area contributed by atoms with Gasteiger partial charge in [0.25, 0.3) is 0 Å². The van der Waals surface area contributed by atoms with Gasteiger partial charge in [0.05, 0.1) is 0 Å². The van der Waals surface area contributed by atoms with E-state index in [0.29, 0.717) is 25.7 Å². The molecular formula is C24H32N4O4. The molecule has 172 valence electrons. The van der Waals surface area contributed by atoms with Crippen LogP contribution in [-0.4, -0.2) is 33.9 Å². The van der Waals surface area contributed by atoms with E-state index in [2.05, 4.69) is 48.3 Å². The normalized spacial score (nSPS) is 20.8. The summed E-state index contributed by atoms with van der Waals surface area (Å²) < 4.78 is 0. The van der Waals surface area contributed by atoms with Gasteiger partial charge in [-0.2, -0.15) is 0 Å². The topological polar surface area (TPSA) is 124 Å². The van der Waals surface area contributed by atoms with E-state index in [1.807, 2.05) is 0 Å². The minimum atomic E-state index is -0.301. The number of aryl methyl sites for hydroxylation is 2. The molecule has 0 aliphatic heterocycles. The third-order valence-electron chi connectivity index (χ3n) is 6.57. The molecule has 2 aromatic rings. The molecule has 0 radical (unpaired) electrons. The second-order valence-electron chi connectivity index (χ2n) is 9.77. The molecule has 8 heteroatoms. The van der Waals surface area contributed by atoms with Crippen LogP contribution in [0.3, 0.4) is 0 Å². The number of carbonyl (C=O) groups excluding carboxylic acids is 2. The Morgan fingerprint density at radius 3 is 1.44 bits per heavy atom. The van der Waals surface area contributed by atoms with Crippen molar-refractivity contribution in [3.63, 3.8) is 0 Å². The van der Waals surface area contributed by atoms with Gasteiger partial charge >= 0.3 is 0 Å². The van der Waals surface area contributed by atoms with Gasteiger partial charge in [0.1, 0.15) is 0 Å². The second-order valence-corrected chi connectivity index (χ2v) is 9.77. The Hall–Kier alpha value is -3.16. The zero-order valence-corrected chi connectivity index (χ0v) is 19.1. The van der Waals surface area contributed by atoms with E-state index in [0.717, 1.165) is 11.1 Å². The molecule has 2 heterocycles. The molecule has 1 fully saturated rings. The average Bonchev–Trinajstić information content (AvgIpc) is 2.74. The Morgan fingerprint density at radius 2 is 1.12 bits per heavy atom. The van der Waals surface area contributed by atoms with Crippen molar-refractivity contribution < 1.29 is 9.59 Å². The zero-order chi connectivity index (χ0) is 23.5. The highest BCUT2D eigenvalue weighted by Crippen LogP contribution is 2.53. The smallest absolute Gasteiger partial charge is 0.247 e. The Balaban J connectivity index is 1.52. The molecule has 0 unspecified atom stereocenters. The molecule has 2 aromatic heterocycles. The minimum absolute atomic E-state index is 0.0507. The summed E-state index contributed by atoms with van der Waals surface area (Å²) >= 11 is 0. The molecule has 3 rings (SSSR count). The van der Waals surface area contributed by atoms with E-state index in [1.165, 1.54) is 12.1 Å². The van der Waals surface area contributed by atoms with Gasteiger partial charge in [0.15, 0.2) is 0 Å². The van der Waals surface area contributed by atoms with Gasteiger partial charge in [-0.05, 0) is 24.0 Å². The van der Waals surface area contributed by atoms with Gasteiger partial charge in [-0.3, -0.25) is 19.2 Å². The fourth-order valence-electron chi connectivity index (χ4n) is 5.08. The lowest BCUT2D eigenvalue weighted by atomic mass is 9.48. The summed E-state index contributed by atoms with van der Waals surface area (Å²) in [6, 6.07) is 6.19. The van der Waals surface area contributed by atoms with Crippen molar-refractivity contribution in [1.82, 2.24) is 20.6 Å². The van der Waals surface area contributed by atoms with Crippen molar-refractivity contribution in [3.8, 4) is 0 Å². The summed E-state index contributed by atoms with van der Waals surface area (Å²) in [6.45, 7) is 8.21. The summed E-state index contributed by atoms with van der Waals surface area (Å²) in [7, 11) is 0. The highest BCUT2D eigenvalue weighted by molar-refractivity contribution is 5.78. The molecule has 1 aliphatic rings. The second kappa shape index (κ2) is 9.14. The number of rotatable bonds is 8. The summed E-state index contributed by atoms with van der Waals surface area (Å²) in [6.07, 6.45) is 5.00. The first-order valence-corrected chi connectivity index (χ1v) is 10.9. The quantitative estimate of drug-likeness (QED) is 0.498. The summed E-state index contributed by atoms with van der Waals surface area (Å²) in [4.78, 5) is 52.7. The summed E-state index contributed by atoms with van der Waals surface area (Å²) in [5, 5.41) is 6.30. The van der Waals surface area contributed by atoms with Crippen molar-refractivity contribution in [2.75, 3.05) is 0 Å². The fraction of sp³-hybridized carbons (Fsp3) is 0.500. The Kier molecular flexibility index (Phi) is 6.71. The van der Waals surface area contributed by atoms with Crippen molar-refractivity contribution >= 4 is 11.8 Å². The number of carbonyl (C=O) groups is 2. The minimum Gasteiger partial charge on any atom is -0.352 e. The van der Waals surface area contributed by atoms with Crippen LogP contribution in [0.1, 0.15) is 51.7 Å². The molecule has 32 heavy (non-hydrogen) atoms. The fourth-order valence-corrected chi connectivity index (χ4v) is 5.08. The largest absolute Gasteiger partial charge is 0.352 e. The molecule has 1 aliphatic carbocycles. The zero-order valence-electron chi connectivity index (χ0n) is 19.1. The molecule has 0 atom stereocenters. The third kappa shape index (κ3) is 5.18. The van der Waals surface area contributed by atoms with Crippen LogP contribution in [0.15, 0.2) is 46.2 Å². The van der Waals surface area contributed by atoms with Crippen LogP contribution < -0.4 is 21.8 Å². The van der Waals surface area contributed by atoms with E-state index < -0.39 is 0 Å². The number of pyridine rings is 2. The van der Waals surface area contributed by atoms with E-state index in [9.17, 15) is 19.2 Å². The molecule has 0 aromatic carbocycles. The number of hydrogen-bond acceptors (Lipinski definition) is 4. The van der Waals surface area contributed by atoms with E-state index >= 15 is 0 Å².